The van der Waals surface area contributed by atoms with Crippen molar-refractivity contribution in [3.8, 4) is 5.75 Å². The first-order valence-corrected chi connectivity index (χ1v) is 9.14. The van der Waals surface area contributed by atoms with Gasteiger partial charge in [0.1, 0.15) is 5.75 Å². The zero-order chi connectivity index (χ0) is 18.7. The number of ether oxygens (including phenoxy) is 1. The SMILES string of the molecule is COc1ccc(C)cc1N1CCN(C(=O)Nc2cc(Cl)ccc2Cl)CC1. The molecule has 1 aliphatic rings. The fourth-order valence-corrected chi connectivity index (χ4v) is 3.32. The third-order valence-corrected chi connectivity index (χ3v) is 4.98. The number of methoxy groups -OCH3 is 1. The Labute approximate surface area is 163 Å². The number of rotatable bonds is 3. The topological polar surface area (TPSA) is 44.8 Å². The van der Waals surface area contributed by atoms with Crippen LogP contribution in [0.25, 0.3) is 0 Å². The molecule has 0 bridgehead atoms. The Morgan fingerprint density at radius 2 is 1.81 bits per heavy atom. The minimum Gasteiger partial charge on any atom is -0.495 e. The van der Waals surface area contributed by atoms with Crippen LogP contribution in [0.3, 0.4) is 0 Å². The molecular formula is C19H21Cl2N3O2. The van der Waals surface area contributed by atoms with Crippen molar-refractivity contribution in [3.05, 3.63) is 52.0 Å². The number of anilines is 2. The molecule has 2 aromatic rings. The van der Waals surface area contributed by atoms with Gasteiger partial charge < -0.3 is 19.9 Å². The molecule has 0 spiro atoms. The van der Waals surface area contributed by atoms with E-state index in [4.69, 9.17) is 27.9 Å². The summed E-state index contributed by atoms with van der Waals surface area (Å²) in [5.74, 6) is 0.846. The molecule has 5 nitrogen and oxygen atoms in total. The minimum absolute atomic E-state index is 0.176. The van der Waals surface area contributed by atoms with Crippen molar-refractivity contribution >= 4 is 40.6 Å². The van der Waals surface area contributed by atoms with E-state index in [0.717, 1.165) is 24.5 Å². The van der Waals surface area contributed by atoms with Crippen LogP contribution in [0.2, 0.25) is 10.0 Å². The summed E-state index contributed by atoms with van der Waals surface area (Å²) in [6.07, 6.45) is 0. The first-order chi connectivity index (χ1) is 12.5. The molecule has 138 valence electrons. The van der Waals surface area contributed by atoms with E-state index in [-0.39, 0.29) is 6.03 Å². The van der Waals surface area contributed by atoms with Crippen LogP contribution in [0.5, 0.6) is 5.75 Å². The van der Waals surface area contributed by atoms with Gasteiger partial charge in [-0.25, -0.2) is 4.79 Å². The lowest BCUT2D eigenvalue weighted by Crippen LogP contribution is -2.50. The number of aryl methyl sites for hydroxylation is 1. The Kier molecular flexibility index (Phi) is 5.79. The standard InChI is InChI=1S/C19H21Cl2N3O2/c1-13-3-6-18(26-2)17(11-13)23-7-9-24(10-8-23)19(25)22-16-12-14(20)4-5-15(16)21/h3-6,11-12H,7-10H2,1-2H3,(H,22,25). The molecule has 0 unspecified atom stereocenters. The summed E-state index contributed by atoms with van der Waals surface area (Å²) in [4.78, 5) is 16.5. The molecule has 1 saturated heterocycles. The number of hydrogen-bond acceptors (Lipinski definition) is 3. The summed E-state index contributed by atoms with van der Waals surface area (Å²) in [6, 6.07) is 10.9. The Balaban J connectivity index is 1.64. The van der Waals surface area contributed by atoms with Crippen molar-refractivity contribution in [3.63, 3.8) is 0 Å². The molecule has 0 aromatic heterocycles. The highest BCUT2D eigenvalue weighted by Crippen LogP contribution is 2.30. The first kappa shape index (κ1) is 18.7. The summed E-state index contributed by atoms with van der Waals surface area (Å²) in [6.45, 7) is 4.75. The van der Waals surface area contributed by atoms with Crippen LogP contribution in [0.1, 0.15) is 5.56 Å². The molecule has 1 fully saturated rings. The number of hydrogen-bond donors (Lipinski definition) is 1. The van der Waals surface area contributed by atoms with Crippen molar-refractivity contribution in [2.75, 3.05) is 43.5 Å². The summed E-state index contributed by atoms with van der Waals surface area (Å²) in [5.41, 5.74) is 2.76. The fourth-order valence-electron chi connectivity index (χ4n) is 2.99. The highest BCUT2D eigenvalue weighted by molar-refractivity contribution is 6.35. The van der Waals surface area contributed by atoms with Gasteiger partial charge in [0.2, 0.25) is 0 Å². The molecule has 1 N–H and O–H groups in total. The normalized spacial score (nSPS) is 14.3. The molecule has 0 saturated carbocycles. The van der Waals surface area contributed by atoms with Crippen molar-refractivity contribution in [1.82, 2.24) is 4.90 Å². The maximum absolute atomic E-state index is 12.5. The van der Waals surface area contributed by atoms with Gasteiger partial charge in [-0.15, -0.1) is 0 Å². The van der Waals surface area contributed by atoms with Crippen molar-refractivity contribution in [2.24, 2.45) is 0 Å². The van der Waals surface area contributed by atoms with Gasteiger partial charge >= 0.3 is 6.03 Å². The molecule has 2 aromatic carbocycles. The lowest BCUT2D eigenvalue weighted by Gasteiger charge is -2.36. The van der Waals surface area contributed by atoms with Crippen LogP contribution in [0, 0.1) is 6.92 Å². The number of carbonyl (C=O) groups excluding carboxylic acids is 1. The average molecular weight is 394 g/mol. The van der Waals surface area contributed by atoms with Crippen LogP contribution in [-0.2, 0) is 0 Å². The predicted molar refractivity (Wildman–Crippen MR) is 107 cm³/mol. The van der Waals surface area contributed by atoms with Gasteiger partial charge in [0.15, 0.2) is 0 Å². The number of benzene rings is 2. The largest absolute Gasteiger partial charge is 0.495 e. The second-order valence-corrected chi connectivity index (χ2v) is 7.05. The van der Waals surface area contributed by atoms with Crippen LogP contribution in [0.4, 0.5) is 16.2 Å². The molecular weight excluding hydrogens is 373 g/mol. The smallest absolute Gasteiger partial charge is 0.322 e. The van der Waals surface area contributed by atoms with Crippen LogP contribution in [0.15, 0.2) is 36.4 Å². The van der Waals surface area contributed by atoms with E-state index in [1.54, 1.807) is 30.2 Å². The number of halogens is 2. The molecule has 1 heterocycles. The monoisotopic (exact) mass is 393 g/mol. The summed E-state index contributed by atoms with van der Waals surface area (Å²) in [7, 11) is 1.67. The Morgan fingerprint density at radius 1 is 1.08 bits per heavy atom. The molecule has 1 aliphatic heterocycles. The van der Waals surface area contributed by atoms with Gasteiger partial charge in [-0.3, -0.25) is 0 Å². The van der Waals surface area contributed by atoms with E-state index < -0.39 is 0 Å². The van der Waals surface area contributed by atoms with Crippen molar-refractivity contribution < 1.29 is 9.53 Å². The lowest BCUT2D eigenvalue weighted by molar-refractivity contribution is 0.208. The van der Waals surface area contributed by atoms with E-state index in [0.29, 0.717) is 28.8 Å². The number of urea groups is 1. The zero-order valence-electron chi connectivity index (χ0n) is 14.8. The first-order valence-electron chi connectivity index (χ1n) is 8.38. The third kappa shape index (κ3) is 4.17. The van der Waals surface area contributed by atoms with E-state index in [1.165, 1.54) is 5.56 Å². The number of carbonyl (C=O) groups is 1. The van der Waals surface area contributed by atoms with E-state index in [2.05, 4.69) is 23.2 Å². The second-order valence-electron chi connectivity index (χ2n) is 6.20. The molecule has 2 amide bonds. The summed E-state index contributed by atoms with van der Waals surface area (Å²) in [5, 5.41) is 3.83. The maximum atomic E-state index is 12.5. The second kappa shape index (κ2) is 8.06. The Morgan fingerprint density at radius 3 is 2.50 bits per heavy atom. The summed E-state index contributed by atoms with van der Waals surface area (Å²) < 4.78 is 5.47. The van der Waals surface area contributed by atoms with E-state index in [9.17, 15) is 4.79 Å². The van der Waals surface area contributed by atoms with Crippen LogP contribution >= 0.6 is 23.2 Å². The average Bonchev–Trinajstić information content (AvgIpc) is 2.65. The maximum Gasteiger partial charge on any atom is 0.322 e. The molecule has 3 rings (SSSR count). The Hall–Kier alpha value is -2.11. The van der Waals surface area contributed by atoms with Gasteiger partial charge in [-0.05, 0) is 42.8 Å². The van der Waals surface area contributed by atoms with Gasteiger partial charge in [-0.1, -0.05) is 29.3 Å². The molecule has 0 atom stereocenters. The Bertz CT molecular complexity index is 805. The number of amides is 2. The third-order valence-electron chi connectivity index (χ3n) is 4.41. The van der Waals surface area contributed by atoms with Gasteiger partial charge in [0, 0.05) is 31.2 Å². The highest BCUT2D eigenvalue weighted by atomic mass is 35.5. The van der Waals surface area contributed by atoms with Crippen molar-refractivity contribution in [2.45, 2.75) is 6.92 Å². The number of piperazine rings is 1. The summed E-state index contributed by atoms with van der Waals surface area (Å²) >= 11 is 12.1. The lowest BCUT2D eigenvalue weighted by atomic mass is 10.1. The van der Waals surface area contributed by atoms with E-state index >= 15 is 0 Å². The fraction of sp³-hybridized carbons (Fsp3) is 0.316. The molecule has 7 heteroatoms. The molecule has 0 aliphatic carbocycles. The van der Waals surface area contributed by atoms with Crippen LogP contribution < -0.4 is 15.0 Å². The molecule has 26 heavy (non-hydrogen) atoms. The van der Waals surface area contributed by atoms with Crippen molar-refractivity contribution in [1.29, 1.82) is 0 Å². The number of nitrogens with zero attached hydrogens (tertiary/aromatic N) is 2. The number of nitrogens with one attached hydrogen (secondary N) is 1. The predicted octanol–water partition coefficient (Wildman–Crippen LogP) is 4.66. The molecule has 0 radical (unpaired) electrons. The minimum atomic E-state index is -0.176. The van der Waals surface area contributed by atoms with Gasteiger partial charge in [0.25, 0.3) is 0 Å². The van der Waals surface area contributed by atoms with Crippen LogP contribution in [-0.4, -0.2) is 44.2 Å². The highest BCUT2D eigenvalue weighted by Gasteiger charge is 2.23. The zero-order valence-corrected chi connectivity index (χ0v) is 16.3. The van der Waals surface area contributed by atoms with Gasteiger partial charge in [0.05, 0.1) is 23.5 Å². The quantitative estimate of drug-likeness (QED) is 0.823. The van der Waals surface area contributed by atoms with Gasteiger partial charge in [-0.2, -0.15) is 0 Å². The van der Waals surface area contributed by atoms with E-state index in [1.807, 2.05) is 12.1 Å².